The largest absolute Gasteiger partial charge is 0.198 e. The summed E-state index contributed by atoms with van der Waals surface area (Å²) in [5.74, 6) is 0. The molecule has 0 spiro atoms. The summed E-state index contributed by atoms with van der Waals surface area (Å²) in [6.45, 7) is 0. The summed E-state index contributed by atoms with van der Waals surface area (Å²) in [7, 11) is 0. The Bertz CT molecular complexity index is 344. The van der Waals surface area contributed by atoms with Crippen molar-refractivity contribution in [3.8, 4) is 6.07 Å². The molecule has 0 atom stereocenters. The van der Waals surface area contributed by atoms with Crippen LogP contribution in [0, 0.1) is 11.3 Å². The second kappa shape index (κ2) is 4.27. The third-order valence-electron chi connectivity index (χ3n) is 1.39. The van der Waals surface area contributed by atoms with Crippen molar-refractivity contribution < 1.29 is 0 Å². The van der Waals surface area contributed by atoms with Crippen molar-refractivity contribution in [3.05, 3.63) is 31.7 Å². The highest BCUT2D eigenvalue weighted by Crippen LogP contribution is 2.31. The second-order valence-corrected chi connectivity index (χ2v) is 4.24. The zero-order chi connectivity index (χ0) is 9.14. The van der Waals surface area contributed by atoms with E-state index < -0.39 is 0 Å². The van der Waals surface area contributed by atoms with Crippen LogP contribution in [0.25, 0.3) is 0 Å². The zero-order valence-electron chi connectivity index (χ0n) is 5.94. The van der Waals surface area contributed by atoms with Gasteiger partial charge in [-0.2, -0.15) is 5.26 Å². The summed E-state index contributed by atoms with van der Waals surface area (Å²) in [6.07, 6.45) is 0.318. The van der Waals surface area contributed by atoms with Gasteiger partial charge in [-0.15, -0.1) is 0 Å². The van der Waals surface area contributed by atoms with Gasteiger partial charge in [-0.05, 0) is 28.1 Å². The summed E-state index contributed by atoms with van der Waals surface area (Å²) in [4.78, 5) is 0. The molecule has 0 N–H and O–H groups in total. The van der Waals surface area contributed by atoms with Gasteiger partial charge in [0.1, 0.15) is 0 Å². The molecule has 0 aromatic heterocycles. The van der Waals surface area contributed by atoms with Gasteiger partial charge in [-0.3, -0.25) is 0 Å². The maximum absolute atomic E-state index is 8.51. The molecule has 0 unspecified atom stereocenters. The topological polar surface area (TPSA) is 23.8 Å². The minimum atomic E-state index is 0.318. The van der Waals surface area contributed by atoms with Gasteiger partial charge in [0.2, 0.25) is 0 Å². The average molecular weight is 309 g/mol. The number of rotatable bonds is 1. The molecule has 1 rings (SSSR count). The first-order valence-electron chi connectivity index (χ1n) is 3.16. The van der Waals surface area contributed by atoms with Crippen molar-refractivity contribution in [2.75, 3.05) is 0 Å². The third kappa shape index (κ3) is 2.01. The lowest BCUT2D eigenvalue weighted by atomic mass is 10.2. The molecule has 0 aliphatic rings. The molecule has 4 heteroatoms. The Morgan fingerprint density at radius 2 is 1.92 bits per heavy atom. The number of hydrogen-bond acceptors (Lipinski definition) is 1. The highest BCUT2D eigenvalue weighted by Gasteiger charge is 2.07. The van der Waals surface area contributed by atoms with Gasteiger partial charge in [-0.25, -0.2) is 0 Å². The van der Waals surface area contributed by atoms with Gasteiger partial charge in [0.05, 0.1) is 17.5 Å². The Kier molecular flexibility index (Phi) is 3.57. The first kappa shape index (κ1) is 10.0. The van der Waals surface area contributed by atoms with Crippen LogP contribution in [0.15, 0.2) is 21.1 Å². The molecule has 0 bridgehead atoms. The van der Waals surface area contributed by atoms with Crippen LogP contribution >= 0.6 is 43.5 Å². The smallest absolute Gasteiger partial charge is 0.0670 e. The minimum Gasteiger partial charge on any atom is -0.198 e. The van der Waals surface area contributed by atoms with E-state index in [4.69, 9.17) is 16.9 Å². The maximum atomic E-state index is 8.51. The number of hydrogen-bond donors (Lipinski definition) is 0. The molecule has 0 saturated carbocycles. The lowest BCUT2D eigenvalue weighted by Gasteiger charge is -2.03. The zero-order valence-corrected chi connectivity index (χ0v) is 9.87. The average Bonchev–Trinajstić information content (AvgIpc) is 2.06. The van der Waals surface area contributed by atoms with E-state index in [1.807, 2.05) is 12.1 Å². The number of nitriles is 1. The summed E-state index contributed by atoms with van der Waals surface area (Å²) in [5, 5.41) is 9.12. The van der Waals surface area contributed by atoms with Gasteiger partial charge in [0, 0.05) is 14.5 Å². The van der Waals surface area contributed by atoms with Crippen LogP contribution < -0.4 is 0 Å². The van der Waals surface area contributed by atoms with Gasteiger partial charge in [-0.1, -0.05) is 27.5 Å². The van der Waals surface area contributed by atoms with E-state index in [9.17, 15) is 0 Å². The fourth-order valence-electron chi connectivity index (χ4n) is 0.810. The molecule has 1 aromatic rings. The Morgan fingerprint density at radius 1 is 1.33 bits per heavy atom. The molecule has 0 aliphatic heterocycles. The third-order valence-corrected chi connectivity index (χ3v) is 3.46. The summed E-state index contributed by atoms with van der Waals surface area (Å²) < 4.78 is 1.69. The van der Waals surface area contributed by atoms with Crippen molar-refractivity contribution in [2.45, 2.75) is 6.42 Å². The summed E-state index contributed by atoms with van der Waals surface area (Å²) in [5.41, 5.74) is 0.827. The molecular weight excluding hydrogens is 305 g/mol. The van der Waals surface area contributed by atoms with E-state index in [-0.39, 0.29) is 0 Å². The Labute approximate surface area is 92.6 Å². The molecule has 0 radical (unpaired) electrons. The van der Waals surface area contributed by atoms with Gasteiger partial charge in [0.15, 0.2) is 0 Å². The fraction of sp³-hybridized carbons (Fsp3) is 0.125. The van der Waals surface area contributed by atoms with E-state index >= 15 is 0 Å². The lowest BCUT2D eigenvalue weighted by Crippen LogP contribution is -1.86. The van der Waals surface area contributed by atoms with Crippen molar-refractivity contribution in [1.82, 2.24) is 0 Å². The van der Waals surface area contributed by atoms with Gasteiger partial charge in [0.25, 0.3) is 0 Å². The van der Waals surface area contributed by atoms with E-state index in [1.54, 1.807) is 0 Å². The number of halogens is 3. The quantitative estimate of drug-likeness (QED) is 0.721. The van der Waals surface area contributed by atoms with Crippen molar-refractivity contribution >= 4 is 43.5 Å². The Hall–Kier alpha value is -0.0400. The Balaban J connectivity index is 3.25. The molecule has 1 nitrogen and oxygen atoms in total. The highest BCUT2D eigenvalue weighted by molar-refractivity contribution is 9.11. The molecule has 62 valence electrons. The molecule has 0 amide bonds. The molecule has 12 heavy (non-hydrogen) atoms. The fourth-order valence-corrected chi connectivity index (χ4v) is 2.00. The first-order valence-corrected chi connectivity index (χ1v) is 5.12. The normalized spacial score (nSPS) is 9.50. The van der Waals surface area contributed by atoms with Crippen molar-refractivity contribution in [3.63, 3.8) is 0 Å². The number of nitrogens with zero attached hydrogens (tertiary/aromatic N) is 1. The van der Waals surface area contributed by atoms with Crippen LogP contribution in [0.1, 0.15) is 5.56 Å². The molecular formula is C8H4Br2ClN. The minimum absolute atomic E-state index is 0.318. The maximum Gasteiger partial charge on any atom is 0.0670 e. The SMILES string of the molecule is N#CCc1c(Br)ccc(Br)c1Cl. The standard InChI is InChI=1S/C8H4Br2ClN/c9-6-1-2-7(10)8(11)5(6)3-4-12/h1-2H,3H2. The second-order valence-electron chi connectivity index (χ2n) is 2.16. The monoisotopic (exact) mass is 307 g/mol. The van der Waals surface area contributed by atoms with Crippen LogP contribution in [-0.4, -0.2) is 0 Å². The molecule has 1 aromatic carbocycles. The molecule has 0 heterocycles. The van der Waals surface area contributed by atoms with E-state index in [2.05, 4.69) is 37.9 Å². The predicted octanol–water partition coefficient (Wildman–Crippen LogP) is 3.93. The van der Waals surface area contributed by atoms with E-state index in [0.717, 1.165) is 14.5 Å². The van der Waals surface area contributed by atoms with E-state index in [1.165, 1.54) is 0 Å². The Morgan fingerprint density at radius 3 is 2.50 bits per heavy atom. The first-order chi connectivity index (χ1) is 5.66. The van der Waals surface area contributed by atoms with Crippen molar-refractivity contribution in [1.29, 1.82) is 5.26 Å². The lowest BCUT2D eigenvalue weighted by molar-refractivity contribution is 1.24. The highest BCUT2D eigenvalue weighted by atomic mass is 79.9. The van der Waals surface area contributed by atoms with Crippen LogP contribution in [0.4, 0.5) is 0 Å². The molecule has 0 fully saturated rings. The van der Waals surface area contributed by atoms with Gasteiger partial charge < -0.3 is 0 Å². The van der Waals surface area contributed by atoms with Crippen LogP contribution in [-0.2, 0) is 6.42 Å². The van der Waals surface area contributed by atoms with Crippen molar-refractivity contribution in [2.24, 2.45) is 0 Å². The molecule has 0 saturated heterocycles. The summed E-state index contributed by atoms with van der Waals surface area (Å²) >= 11 is 12.6. The molecule has 0 aliphatic carbocycles. The number of benzene rings is 1. The van der Waals surface area contributed by atoms with Crippen LogP contribution in [0.5, 0.6) is 0 Å². The predicted molar refractivity (Wildman–Crippen MR) is 56.2 cm³/mol. The van der Waals surface area contributed by atoms with E-state index in [0.29, 0.717) is 11.4 Å². The van der Waals surface area contributed by atoms with Crippen LogP contribution in [0.2, 0.25) is 5.02 Å². The van der Waals surface area contributed by atoms with Crippen LogP contribution in [0.3, 0.4) is 0 Å². The summed E-state index contributed by atoms with van der Waals surface area (Å²) in [6, 6.07) is 5.76. The van der Waals surface area contributed by atoms with Gasteiger partial charge >= 0.3 is 0 Å².